The fourth-order valence-corrected chi connectivity index (χ4v) is 1.45. The Morgan fingerprint density at radius 2 is 2.23 bits per heavy atom. The molecule has 1 aliphatic heterocycles. The van der Waals surface area contributed by atoms with Gasteiger partial charge in [-0.05, 0) is 33.1 Å². The van der Waals surface area contributed by atoms with Crippen LogP contribution in [0, 0.1) is 4.91 Å². The minimum atomic E-state index is -0.423. The van der Waals surface area contributed by atoms with E-state index in [1.54, 1.807) is 0 Å². The van der Waals surface area contributed by atoms with E-state index < -0.39 is 5.79 Å². The minimum Gasteiger partial charge on any atom is -0.348 e. The lowest BCUT2D eigenvalue weighted by Gasteiger charge is -2.16. The summed E-state index contributed by atoms with van der Waals surface area (Å²) in [5.41, 5.74) is 0. The van der Waals surface area contributed by atoms with E-state index in [2.05, 4.69) is 5.18 Å². The summed E-state index contributed by atoms with van der Waals surface area (Å²) in [5.74, 6) is -0.423. The number of nitroso groups, excluding NO2 is 1. The number of nitrogens with zero attached hydrogens (tertiary/aromatic N) is 1. The molecule has 0 aromatic carbocycles. The molecule has 1 rings (SSSR count). The summed E-state index contributed by atoms with van der Waals surface area (Å²) in [6.45, 7) is 4.92. The quantitative estimate of drug-likeness (QED) is 0.489. The summed E-state index contributed by atoms with van der Waals surface area (Å²) in [6, 6.07) is 0. The summed E-state index contributed by atoms with van der Waals surface area (Å²) in [4.78, 5) is 9.80. The van der Waals surface area contributed by atoms with Crippen LogP contribution >= 0.6 is 0 Å². The van der Waals surface area contributed by atoms with Crippen LogP contribution in [0.2, 0.25) is 0 Å². The van der Waals surface area contributed by atoms with Crippen LogP contribution in [-0.2, 0) is 9.47 Å². The Morgan fingerprint density at radius 1 is 1.46 bits per heavy atom. The van der Waals surface area contributed by atoms with Gasteiger partial charge in [0.25, 0.3) is 0 Å². The number of rotatable bonds is 5. The minimum absolute atomic E-state index is 0.196. The first-order valence-corrected chi connectivity index (χ1v) is 4.75. The zero-order valence-corrected chi connectivity index (χ0v) is 8.28. The lowest BCUT2D eigenvalue weighted by atomic mass is 10.1. The molecule has 1 atom stereocenters. The largest absolute Gasteiger partial charge is 0.348 e. The maximum absolute atomic E-state index is 9.80. The van der Waals surface area contributed by atoms with Crippen LogP contribution < -0.4 is 0 Å². The van der Waals surface area contributed by atoms with Crippen LogP contribution in [0.25, 0.3) is 0 Å². The summed E-state index contributed by atoms with van der Waals surface area (Å²) < 4.78 is 11.0. The molecule has 0 spiro atoms. The summed E-state index contributed by atoms with van der Waals surface area (Å²) >= 11 is 0. The summed E-state index contributed by atoms with van der Waals surface area (Å²) in [5, 5.41) is 2.81. The highest BCUT2D eigenvalue weighted by Gasteiger charge is 2.31. The molecule has 1 unspecified atom stereocenters. The van der Waals surface area contributed by atoms with Gasteiger partial charge in [0.15, 0.2) is 5.79 Å². The Morgan fingerprint density at radius 3 is 2.77 bits per heavy atom. The number of unbranched alkanes of at least 4 members (excludes halogenated alkanes) is 1. The lowest BCUT2D eigenvalue weighted by molar-refractivity contribution is -0.139. The summed E-state index contributed by atoms with van der Waals surface area (Å²) in [6.07, 6.45) is 2.99. The fourth-order valence-electron chi connectivity index (χ4n) is 1.45. The van der Waals surface area contributed by atoms with Crippen molar-refractivity contribution in [1.82, 2.24) is 0 Å². The van der Waals surface area contributed by atoms with Crippen molar-refractivity contribution in [3.05, 3.63) is 4.91 Å². The average Bonchev–Trinajstić information content (AvgIpc) is 2.40. The van der Waals surface area contributed by atoms with Gasteiger partial charge in [-0.2, -0.15) is 4.91 Å². The third kappa shape index (κ3) is 3.83. The average molecular weight is 187 g/mol. The van der Waals surface area contributed by atoms with Crippen LogP contribution in [-0.4, -0.2) is 25.0 Å². The van der Waals surface area contributed by atoms with Crippen molar-refractivity contribution in [3.63, 3.8) is 0 Å². The number of hydrogen-bond acceptors (Lipinski definition) is 4. The second-order valence-corrected chi connectivity index (χ2v) is 3.80. The molecule has 1 saturated heterocycles. The molecular formula is C9H17NO3. The third-order valence-corrected chi connectivity index (χ3v) is 2.09. The molecule has 0 aliphatic carbocycles. The van der Waals surface area contributed by atoms with E-state index in [9.17, 15) is 4.91 Å². The zero-order chi connectivity index (χ0) is 9.73. The SMILES string of the molecule is CC1(C)OCC(CCCCN=O)O1. The predicted molar refractivity (Wildman–Crippen MR) is 49.4 cm³/mol. The monoisotopic (exact) mass is 187 g/mol. The number of hydrogen-bond donors (Lipinski definition) is 0. The Hall–Kier alpha value is -0.480. The first-order chi connectivity index (χ1) is 6.14. The highest BCUT2D eigenvalue weighted by molar-refractivity contribution is 4.70. The Bertz CT molecular complexity index is 170. The van der Waals surface area contributed by atoms with Crippen LogP contribution in [0.15, 0.2) is 5.18 Å². The molecule has 76 valence electrons. The highest BCUT2D eigenvalue weighted by atomic mass is 16.7. The molecule has 13 heavy (non-hydrogen) atoms. The molecular weight excluding hydrogens is 170 g/mol. The summed E-state index contributed by atoms with van der Waals surface area (Å²) in [7, 11) is 0. The van der Waals surface area contributed by atoms with Crippen LogP contribution in [0.3, 0.4) is 0 Å². The molecule has 1 aliphatic rings. The molecule has 4 nitrogen and oxygen atoms in total. The van der Waals surface area contributed by atoms with Crippen molar-refractivity contribution >= 4 is 0 Å². The van der Waals surface area contributed by atoms with Gasteiger partial charge in [0, 0.05) is 0 Å². The molecule has 0 bridgehead atoms. The van der Waals surface area contributed by atoms with E-state index in [0.717, 1.165) is 19.3 Å². The van der Waals surface area contributed by atoms with Crippen LogP contribution in [0.4, 0.5) is 0 Å². The van der Waals surface area contributed by atoms with E-state index in [1.807, 2.05) is 13.8 Å². The molecule has 0 N–H and O–H groups in total. The van der Waals surface area contributed by atoms with Gasteiger partial charge in [-0.25, -0.2) is 0 Å². The molecule has 4 heteroatoms. The van der Waals surface area contributed by atoms with Crippen LogP contribution in [0.5, 0.6) is 0 Å². The molecule has 0 amide bonds. The molecule has 1 fully saturated rings. The highest BCUT2D eigenvalue weighted by Crippen LogP contribution is 2.24. The molecule has 0 radical (unpaired) electrons. The fraction of sp³-hybridized carbons (Fsp3) is 1.00. The van der Waals surface area contributed by atoms with Gasteiger partial charge in [-0.15, -0.1) is 0 Å². The van der Waals surface area contributed by atoms with Crippen molar-refractivity contribution in [3.8, 4) is 0 Å². The normalized spacial score (nSPS) is 26.2. The first kappa shape index (κ1) is 10.6. The molecule has 0 saturated carbocycles. The Balaban J connectivity index is 2.07. The van der Waals surface area contributed by atoms with Crippen molar-refractivity contribution in [2.24, 2.45) is 5.18 Å². The maximum atomic E-state index is 9.80. The van der Waals surface area contributed by atoms with Crippen molar-refractivity contribution in [2.45, 2.75) is 45.0 Å². The zero-order valence-electron chi connectivity index (χ0n) is 8.28. The third-order valence-electron chi connectivity index (χ3n) is 2.09. The van der Waals surface area contributed by atoms with E-state index in [4.69, 9.17) is 9.47 Å². The van der Waals surface area contributed by atoms with Crippen molar-refractivity contribution in [2.75, 3.05) is 13.2 Å². The van der Waals surface area contributed by atoms with Crippen molar-refractivity contribution in [1.29, 1.82) is 0 Å². The predicted octanol–water partition coefficient (Wildman–Crippen LogP) is 2.07. The smallest absolute Gasteiger partial charge is 0.163 e. The maximum Gasteiger partial charge on any atom is 0.163 e. The second kappa shape index (κ2) is 4.67. The second-order valence-electron chi connectivity index (χ2n) is 3.80. The van der Waals surface area contributed by atoms with E-state index in [0.29, 0.717) is 13.2 Å². The van der Waals surface area contributed by atoms with Gasteiger partial charge in [-0.3, -0.25) is 0 Å². The topological polar surface area (TPSA) is 47.9 Å². The van der Waals surface area contributed by atoms with E-state index in [-0.39, 0.29) is 6.10 Å². The van der Waals surface area contributed by atoms with Gasteiger partial charge in [0.1, 0.15) is 0 Å². The van der Waals surface area contributed by atoms with Gasteiger partial charge in [0.2, 0.25) is 0 Å². The standard InChI is InChI=1S/C9H17NO3/c1-9(2)12-7-8(13-9)5-3-4-6-10-11/h8H,3-7H2,1-2H3. The van der Waals surface area contributed by atoms with Gasteiger partial charge in [-0.1, -0.05) is 5.18 Å². The van der Waals surface area contributed by atoms with E-state index in [1.165, 1.54) is 0 Å². The molecule has 0 aromatic heterocycles. The van der Waals surface area contributed by atoms with Gasteiger partial charge < -0.3 is 9.47 Å². The van der Waals surface area contributed by atoms with Gasteiger partial charge >= 0.3 is 0 Å². The Kier molecular flexibility index (Phi) is 3.81. The Labute approximate surface area is 78.6 Å². The first-order valence-electron chi connectivity index (χ1n) is 4.75. The van der Waals surface area contributed by atoms with E-state index >= 15 is 0 Å². The lowest BCUT2D eigenvalue weighted by Crippen LogP contribution is -2.21. The molecule has 1 heterocycles. The number of ether oxygens (including phenoxy) is 2. The van der Waals surface area contributed by atoms with Crippen LogP contribution in [0.1, 0.15) is 33.1 Å². The van der Waals surface area contributed by atoms with Crippen molar-refractivity contribution < 1.29 is 9.47 Å². The molecule has 0 aromatic rings. The van der Waals surface area contributed by atoms with Gasteiger partial charge in [0.05, 0.1) is 19.3 Å².